The highest BCUT2D eigenvalue weighted by Gasteiger charge is 2.69. The minimum atomic E-state index is -0.847. The highest BCUT2D eigenvalue weighted by Crippen LogP contribution is 2.67. The molecule has 2 heterocycles. The van der Waals surface area contributed by atoms with E-state index in [0.29, 0.717) is 35.3 Å². The fraction of sp³-hybridized carbons (Fsp3) is 0.708. The van der Waals surface area contributed by atoms with Crippen molar-refractivity contribution in [2.75, 3.05) is 7.11 Å². The van der Waals surface area contributed by atoms with Crippen LogP contribution in [0, 0.1) is 22.7 Å². The maximum absolute atomic E-state index is 12.5. The van der Waals surface area contributed by atoms with Gasteiger partial charge in [-0.05, 0) is 42.6 Å². The number of ether oxygens (including phenoxy) is 2. The lowest BCUT2D eigenvalue weighted by Crippen LogP contribution is -2.69. The van der Waals surface area contributed by atoms with Gasteiger partial charge in [0.25, 0.3) is 5.91 Å². The van der Waals surface area contributed by atoms with Crippen molar-refractivity contribution in [2.24, 2.45) is 22.7 Å². The summed E-state index contributed by atoms with van der Waals surface area (Å²) in [5, 5.41) is 35.3. The number of carbonyl (C=O) groups is 1. The number of aliphatic hydroxyl groups excluding tert-OH is 2. The van der Waals surface area contributed by atoms with Crippen LogP contribution in [0.1, 0.15) is 74.7 Å². The van der Waals surface area contributed by atoms with Gasteiger partial charge < -0.3 is 30.1 Å². The third kappa shape index (κ3) is 2.43. The van der Waals surface area contributed by atoms with Crippen LogP contribution in [-0.4, -0.2) is 46.1 Å². The molecule has 0 bridgehead atoms. The van der Waals surface area contributed by atoms with E-state index in [0.717, 1.165) is 12.8 Å². The molecule has 4 aliphatic rings. The van der Waals surface area contributed by atoms with Gasteiger partial charge in [0.2, 0.25) is 0 Å². The minimum Gasteiger partial charge on any atom is -0.508 e. The Labute approximate surface area is 182 Å². The summed E-state index contributed by atoms with van der Waals surface area (Å²) in [6.45, 7) is 8.41. The summed E-state index contributed by atoms with van der Waals surface area (Å²) < 4.78 is 12.4. The standard InChI is InChI=1S/C24H33NO6/c1-11-6-7-16-22(2,3)19(28)15(27)10-23(16,4)24(11)9-13-14(26)8-12-17(18(13)31-24)21(30-5)25-20(12)29/h8,11,15-16,19,21,26-28H,6-7,9-10H2,1-5H3,(H,25,29)/t11-,15-,16+,19-,21-,23+,24-/m1/s1. The number of phenols is 1. The van der Waals surface area contributed by atoms with E-state index in [2.05, 4.69) is 19.2 Å². The molecule has 1 aromatic carbocycles. The quantitative estimate of drug-likeness (QED) is 0.545. The number of carbonyl (C=O) groups excluding carboxylic acids is 1. The largest absolute Gasteiger partial charge is 0.508 e. The van der Waals surface area contributed by atoms with Crippen LogP contribution in [0.25, 0.3) is 0 Å². The average molecular weight is 432 g/mol. The molecular weight excluding hydrogens is 398 g/mol. The van der Waals surface area contributed by atoms with Crippen LogP contribution in [0.5, 0.6) is 11.5 Å². The molecule has 31 heavy (non-hydrogen) atoms. The van der Waals surface area contributed by atoms with Crippen LogP contribution in [0.3, 0.4) is 0 Å². The highest BCUT2D eigenvalue weighted by atomic mass is 16.5. The van der Waals surface area contributed by atoms with Crippen LogP contribution < -0.4 is 10.1 Å². The Morgan fingerprint density at radius 2 is 1.94 bits per heavy atom. The third-order valence-corrected chi connectivity index (χ3v) is 9.21. The molecule has 0 unspecified atom stereocenters. The lowest BCUT2D eigenvalue weighted by atomic mass is 9.43. The number of rotatable bonds is 1. The van der Waals surface area contributed by atoms with Gasteiger partial charge in [0.05, 0.1) is 23.3 Å². The molecule has 7 nitrogen and oxygen atoms in total. The van der Waals surface area contributed by atoms with Crippen molar-refractivity contribution >= 4 is 5.91 Å². The Hall–Kier alpha value is -1.83. The van der Waals surface area contributed by atoms with Crippen molar-refractivity contribution in [2.45, 2.75) is 77.4 Å². The Bertz CT molecular complexity index is 960. The first-order chi connectivity index (χ1) is 14.5. The van der Waals surface area contributed by atoms with Gasteiger partial charge in [0.1, 0.15) is 17.1 Å². The van der Waals surface area contributed by atoms with E-state index in [1.165, 1.54) is 13.2 Å². The van der Waals surface area contributed by atoms with Crippen molar-refractivity contribution < 1.29 is 29.6 Å². The molecule has 2 aliphatic carbocycles. The lowest BCUT2D eigenvalue weighted by molar-refractivity contribution is -0.240. The van der Waals surface area contributed by atoms with E-state index >= 15 is 0 Å². The number of benzene rings is 1. The van der Waals surface area contributed by atoms with Crippen LogP contribution >= 0.6 is 0 Å². The molecule has 5 rings (SSSR count). The van der Waals surface area contributed by atoms with Gasteiger partial charge in [-0.1, -0.05) is 27.7 Å². The number of aromatic hydroxyl groups is 1. The molecule has 1 amide bonds. The van der Waals surface area contributed by atoms with Crippen LogP contribution in [0.4, 0.5) is 0 Å². The third-order valence-electron chi connectivity index (χ3n) is 9.21. The second kappa shape index (κ2) is 6.36. The normalized spacial score (nSPS) is 42.5. The zero-order valence-corrected chi connectivity index (χ0v) is 18.9. The van der Waals surface area contributed by atoms with Crippen molar-refractivity contribution in [3.05, 3.63) is 22.8 Å². The molecule has 0 aromatic heterocycles. The summed E-state index contributed by atoms with van der Waals surface area (Å²) in [6, 6.07) is 1.52. The number of fused-ring (bicyclic) bond motifs is 5. The van der Waals surface area contributed by atoms with E-state index in [4.69, 9.17) is 9.47 Å². The van der Waals surface area contributed by atoms with Gasteiger partial charge in [-0.25, -0.2) is 0 Å². The fourth-order valence-electron chi connectivity index (χ4n) is 7.54. The Kier molecular flexibility index (Phi) is 4.32. The zero-order chi connectivity index (χ0) is 22.5. The maximum Gasteiger partial charge on any atom is 0.254 e. The number of aliphatic hydroxyl groups is 2. The minimum absolute atomic E-state index is 0.0612. The van der Waals surface area contributed by atoms with Gasteiger partial charge in [-0.2, -0.15) is 0 Å². The van der Waals surface area contributed by atoms with E-state index < -0.39 is 34.9 Å². The second-order valence-corrected chi connectivity index (χ2v) is 10.9. The molecule has 170 valence electrons. The van der Waals surface area contributed by atoms with Crippen molar-refractivity contribution in [1.29, 1.82) is 0 Å². The van der Waals surface area contributed by atoms with E-state index in [1.54, 1.807) is 0 Å². The van der Waals surface area contributed by atoms with Gasteiger partial charge in [-0.15, -0.1) is 0 Å². The number of amides is 1. The molecule has 2 saturated carbocycles. The topological polar surface area (TPSA) is 108 Å². The second-order valence-electron chi connectivity index (χ2n) is 10.9. The molecular formula is C24H33NO6. The summed E-state index contributed by atoms with van der Waals surface area (Å²) in [6.07, 6.45) is 0.532. The fourth-order valence-corrected chi connectivity index (χ4v) is 7.54. The van der Waals surface area contributed by atoms with Crippen LogP contribution in [0.15, 0.2) is 6.07 Å². The van der Waals surface area contributed by atoms with Crippen LogP contribution in [-0.2, 0) is 11.2 Å². The summed E-state index contributed by atoms with van der Waals surface area (Å²) in [5.41, 5.74) is 0.158. The first-order valence-electron chi connectivity index (χ1n) is 11.3. The number of hydrogen-bond donors (Lipinski definition) is 4. The number of nitrogens with one attached hydrogen (secondary N) is 1. The predicted molar refractivity (Wildman–Crippen MR) is 113 cm³/mol. The van der Waals surface area contributed by atoms with Gasteiger partial charge >= 0.3 is 0 Å². The smallest absolute Gasteiger partial charge is 0.254 e. The van der Waals surface area contributed by atoms with Gasteiger partial charge in [-0.3, -0.25) is 4.79 Å². The first kappa shape index (κ1) is 21.0. The van der Waals surface area contributed by atoms with Gasteiger partial charge in [0.15, 0.2) is 6.23 Å². The molecule has 4 N–H and O–H groups in total. The summed E-state index contributed by atoms with van der Waals surface area (Å²) in [4.78, 5) is 12.5. The first-order valence-corrected chi connectivity index (χ1v) is 11.3. The molecule has 7 heteroatoms. The maximum atomic E-state index is 12.5. The number of hydrogen-bond acceptors (Lipinski definition) is 6. The SMILES string of the molecule is CO[C@H]1NC(=O)c2cc(O)c3c(c21)O[C@]1(C3)[C@H](C)CC[C@H]2C(C)(C)[C@H](O)[C@H](O)C[C@@]21C. The van der Waals surface area contributed by atoms with E-state index in [9.17, 15) is 20.1 Å². The van der Waals surface area contributed by atoms with E-state index in [1.807, 2.05) is 13.8 Å². The monoisotopic (exact) mass is 431 g/mol. The van der Waals surface area contributed by atoms with Crippen molar-refractivity contribution in [3.8, 4) is 11.5 Å². The summed E-state index contributed by atoms with van der Waals surface area (Å²) in [7, 11) is 1.53. The summed E-state index contributed by atoms with van der Waals surface area (Å²) >= 11 is 0. The van der Waals surface area contributed by atoms with Crippen molar-refractivity contribution in [3.63, 3.8) is 0 Å². The molecule has 2 aliphatic heterocycles. The van der Waals surface area contributed by atoms with E-state index in [-0.39, 0.29) is 23.5 Å². The van der Waals surface area contributed by atoms with Crippen LogP contribution in [0.2, 0.25) is 0 Å². The number of phenolic OH excluding ortho intramolecular Hbond substituents is 1. The molecule has 1 spiro atoms. The molecule has 0 saturated heterocycles. The lowest BCUT2D eigenvalue weighted by Gasteiger charge is -2.64. The Balaban J connectivity index is 1.68. The predicted octanol–water partition coefficient (Wildman–Crippen LogP) is 2.66. The Morgan fingerprint density at radius 1 is 1.23 bits per heavy atom. The average Bonchev–Trinajstić information content (AvgIpc) is 3.25. The molecule has 1 aromatic rings. The highest BCUT2D eigenvalue weighted by molar-refractivity contribution is 6.00. The Morgan fingerprint density at radius 3 is 2.61 bits per heavy atom. The van der Waals surface area contributed by atoms with Crippen molar-refractivity contribution in [1.82, 2.24) is 5.32 Å². The summed E-state index contributed by atoms with van der Waals surface area (Å²) in [5.74, 6) is 0.610. The zero-order valence-electron chi connectivity index (χ0n) is 18.9. The molecule has 0 radical (unpaired) electrons. The number of methoxy groups -OCH3 is 1. The van der Waals surface area contributed by atoms with Gasteiger partial charge in [0, 0.05) is 24.5 Å². The molecule has 2 fully saturated rings. The molecule has 7 atom stereocenters.